The van der Waals surface area contributed by atoms with E-state index >= 15 is 0 Å². The monoisotopic (exact) mass is 407 g/mol. The van der Waals surface area contributed by atoms with Crippen molar-refractivity contribution in [3.05, 3.63) is 41.2 Å². The first-order chi connectivity index (χ1) is 10.8. The molecule has 0 aliphatic carbocycles. The molecule has 0 aliphatic heterocycles. The van der Waals surface area contributed by atoms with Crippen molar-refractivity contribution >= 4 is 42.1 Å². The maximum absolute atomic E-state index is 13.3. The second-order valence-corrected chi connectivity index (χ2v) is 7.01. The highest BCUT2D eigenvalue weighted by atomic mass is 35.5. The molecule has 3 N–H and O–H groups in total. The van der Waals surface area contributed by atoms with E-state index in [9.17, 15) is 9.18 Å². The van der Waals surface area contributed by atoms with E-state index in [4.69, 9.17) is 5.73 Å². The molecule has 0 aliphatic rings. The van der Waals surface area contributed by atoms with Crippen molar-refractivity contribution in [1.29, 1.82) is 0 Å². The zero-order chi connectivity index (χ0) is 17.0. The van der Waals surface area contributed by atoms with Crippen LogP contribution in [0.15, 0.2) is 29.6 Å². The van der Waals surface area contributed by atoms with Gasteiger partial charge in [0.25, 0.3) is 0 Å². The molecule has 8 heteroatoms. The highest BCUT2D eigenvalue weighted by Crippen LogP contribution is 2.24. The lowest BCUT2D eigenvalue weighted by molar-refractivity contribution is -0.122. The van der Waals surface area contributed by atoms with Crippen LogP contribution in [0.3, 0.4) is 0 Å². The van der Waals surface area contributed by atoms with Crippen LogP contribution in [0.2, 0.25) is 0 Å². The van der Waals surface area contributed by atoms with Gasteiger partial charge in [0.15, 0.2) is 0 Å². The number of nitrogens with one attached hydrogen (secondary N) is 1. The van der Waals surface area contributed by atoms with Crippen LogP contribution in [0, 0.1) is 11.7 Å². The Balaban J connectivity index is 0.00000288. The van der Waals surface area contributed by atoms with E-state index in [2.05, 4.69) is 10.3 Å². The Labute approximate surface area is 164 Å². The fraction of sp³-hybridized carbons (Fsp3) is 0.412. The number of rotatable bonds is 6. The van der Waals surface area contributed by atoms with Gasteiger partial charge in [-0.2, -0.15) is 0 Å². The molecule has 0 fully saturated rings. The van der Waals surface area contributed by atoms with Gasteiger partial charge < -0.3 is 11.1 Å². The summed E-state index contributed by atoms with van der Waals surface area (Å²) in [6.07, 6.45) is 0.189. The zero-order valence-corrected chi connectivity index (χ0v) is 16.9. The molecule has 0 saturated carbocycles. The molecule has 2 rings (SSSR count). The predicted octanol–water partition coefficient (Wildman–Crippen LogP) is 3.82. The van der Waals surface area contributed by atoms with Crippen molar-refractivity contribution < 1.29 is 9.18 Å². The minimum Gasteiger partial charge on any atom is -0.349 e. The Morgan fingerprint density at radius 3 is 2.64 bits per heavy atom. The van der Waals surface area contributed by atoms with Gasteiger partial charge in [-0.15, -0.1) is 36.2 Å². The number of hydrogen-bond donors (Lipinski definition) is 2. The number of benzene rings is 1. The number of thiazole rings is 1. The SMILES string of the molecule is CC(C)C(C)(CN)NC(=O)Cc1csc(-c2cccc(F)c2)n1.Cl.Cl. The Bertz CT molecular complexity index is 696. The Hall–Kier alpha value is -1.21. The van der Waals surface area contributed by atoms with Crippen LogP contribution in [-0.4, -0.2) is 23.0 Å². The summed E-state index contributed by atoms with van der Waals surface area (Å²) in [5.74, 6) is -0.176. The van der Waals surface area contributed by atoms with Crippen molar-refractivity contribution in [1.82, 2.24) is 10.3 Å². The summed E-state index contributed by atoms with van der Waals surface area (Å²) in [5.41, 5.74) is 6.74. The van der Waals surface area contributed by atoms with E-state index < -0.39 is 5.54 Å². The average molecular weight is 408 g/mol. The van der Waals surface area contributed by atoms with Crippen LogP contribution in [0.1, 0.15) is 26.5 Å². The van der Waals surface area contributed by atoms with E-state index in [1.165, 1.54) is 23.5 Å². The quantitative estimate of drug-likeness (QED) is 0.764. The lowest BCUT2D eigenvalue weighted by atomic mass is 9.88. The Kier molecular flexibility index (Phi) is 9.58. The van der Waals surface area contributed by atoms with E-state index in [0.29, 0.717) is 17.2 Å². The molecule has 1 unspecified atom stereocenters. The molecule has 0 spiro atoms. The van der Waals surface area contributed by atoms with Gasteiger partial charge >= 0.3 is 0 Å². The van der Waals surface area contributed by atoms with Crippen LogP contribution in [-0.2, 0) is 11.2 Å². The van der Waals surface area contributed by atoms with Crippen molar-refractivity contribution in [2.45, 2.75) is 32.7 Å². The van der Waals surface area contributed by atoms with Crippen molar-refractivity contribution in [3.63, 3.8) is 0 Å². The number of hydrogen-bond acceptors (Lipinski definition) is 4. The summed E-state index contributed by atoms with van der Waals surface area (Å²) in [6.45, 7) is 6.37. The van der Waals surface area contributed by atoms with E-state index in [-0.39, 0.29) is 48.9 Å². The standard InChI is InChI=1S/C17H22FN3OS.2ClH/c1-11(2)17(3,10-19)21-15(22)8-14-9-23-16(20-14)12-5-4-6-13(18)7-12;;/h4-7,9,11H,8,10,19H2,1-3H3,(H,21,22);2*1H. The van der Waals surface area contributed by atoms with Crippen LogP contribution in [0.25, 0.3) is 10.6 Å². The number of aromatic nitrogens is 1. The molecule has 25 heavy (non-hydrogen) atoms. The lowest BCUT2D eigenvalue weighted by Gasteiger charge is -2.33. The smallest absolute Gasteiger partial charge is 0.226 e. The fourth-order valence-corrected chi connectivity index (χ4v) is 2.92. The average Bonchev–Trinajstić information content (AvgIpc) is 2.95. The second-order valence-electron chi connectivity index (χ2n) is 6.16. The molecule has 0 saturated heterocycles. The normalized spacial score (nSPS) is 12.7. The third-order valence-corrected chi connectivity index (χ3v) is 5.03. The van der Waals surface area contributed by atoms with E-state index in [1.54, 1.807) is 12.1 Å². The van der Waals surface area contributed by atoms with E-state index in [1.807, 2.05) is 26.2 Å². The largest absolute Gasteiger partial charge is 0.349 e. The number of nitrogens with two attached hydrogens (primary N) is 1. The molecule has 1 aromatic carbocycles. The first-order valence-corrected chi connectivity index (χ1v) is 8.43. The highest BCUT2D eigenvalue weighted by Gasteiger charge is 2.28. The molecule has 1 atom stereocenters. The maximum Gasteiger partial charge on any atom is 0.226 e. The summed E-state index contributed by atoms with van der Waals surface area (Å²) < 4.78 is 13.3. The highest BCUT2D eigenvalue weighted by molar-refractivity contribution is 7.13. The van der Waals surface area contributed by atoms with E-state index in [0.717, 1.165) is 5.56 Å². The van der Waals surface area contributed by atoms with Gasteiger partial charge in [0.1, 0.15) is 10.8 Å². The number of carbonyl (C=O) groups excluding carboxylic acids is 1. The summed E-state index contributed by atoms with van der Waals surface area (Å²) in [6, 6.07) is 6.28. The fourth-order valence-electron chi connectivity index (χ4n) is 2.10. The number of amides is 1. The molecule has 2 aromatic rings. The van der Waals surface area contributed by atoms with Gasteiger partial charge in [0.2, 0.25) is 5.91 Å². The molecule has 4 nitrogen and oxygen atoms in total. The minimum atomic E-state index is -0.432. The molecule has 1 amide bonds. The summed E-state index contributed by atoms with van der Waals surface area (Å²) in [5, 5.41) is 5.52. The third kappa shape index (κ3) is 6.22. The first-order valence-electron chi connectivity index (χ1n) is 7.55. The first kappa shape index (κ1) is 23.8. The van der Waals surface area contributed by atoms with Crippen LogP contribution < -0.4 is 11.1 Å². The van der Waals surface area contributed by atoms with Gasteiger partial charge in [-0.3, -0.25) is 4.79 Å². The lowest BCUT2D eigenvalue weighted by Crippen LogP contribution is -2.55. The number of carbonyl (C=O) groups is 1. The van der Waals surface area contributed by atoms with Gasteiger partial charge in [0, 0.05) is 17.5 Å². The van der Waals surface area contributed by atoms with Crippen molar-refractivity contribution in [2.75, 3.05) is 6.54 Å². The third-order valence-electron chi connectivity index (χ3n) is 4.09. The number of nitrogens with zero attached hydrogens (tertiary/aromatic N) is 1. The van der Waals surface area contributed by atoms with Crippen molar-refractivity contribution in [2.24, 2.45) is 11.7 Å². The molecule has 1 heterocycles. The van der Waals surface area contributed by atoms with Gasteiger partial charge in [0.05, 0.1) is 17.7 Å². The summed E-state index contributed by atoms with van der Waals surface area (Å²) in [7, 11) is 0. The van der Waals surface area contributed by atoms with Gasteiger partial charge in [-0.1, -0.05) is 26.0 Å². The Morgan fingerprint density at radius 2 is 2.08 bits per heavy atom. The Morgan fingerprint density at radius 1 is 1.40 bits per heavy atom. The predicted molar refractivity (Wildman–Crippen MR) is 106 cm³/mol. The van der Waals surface area contributed by atoms with Crippen LogP contribution in [0.4, 0.5) is 4.39 Å². The topological polar surface area (TPSA) is 68.0 Å². The van der Waals surface area contributed by atoms with Crippen LogP contribution >= 0.6 is 36.2 Å². The molecule has 0 radical (unpaired) electrons. The summed E-state index contributed by atoms with van der Waals surface area (Å²) >= 11 is 1.40. The molecular formula is C17H24Cl2FN3OS. The maximum atomic E-state index is 13.3. The van der Waals surface area contributed by atoms with Gasteiger partial charge in [-0.05, 0) is 25.0 Å². The van der Waals surface area contributed by atoms with Crippen LogP contribution in [0.5, 0.6) is 0 Å². The molecular weight excluding hydrogens is 384 g/mol. The minimum absolute atomic E-state index is 0. The molecule has 1 aromatic heterocycles. The van der Waals surface area contributed by atoms with Gasteiger partial charge in [-0.25, -0.2) is 9.37 Å². The molecule has 0 bridgehead atoms. The summed E-state index contributed by atoms with van der Waals surface area (Å²) in [4.78, 5) is 16.7. The van der Waals surface area contributed by atoms with Crippen molar-refractivity contribution in [3.8, 4) is 10.6 Å². The zero-order valence-electron chi connectivity index (χ0n) is 14.4. The number of halogens is 3. The molecule has 140 valence electrons. The second kappa shape index (κ2) is 10.1.